The van der Waals surface area contributed by atoms with Gasteiger partial charge in [-0.25, -0.2) is 0 Å². The van der Waals surface area contributed by atoms with E-state index < -0.39 is 5.97 Å². The first-order valence-corrected chi connectivity index (χ1v) is 7.02. The lowest BCUT2D eigenvalue weighted by molar-refractivity contribution is -0.156. The number of ether oxygens (including phenoxy) is 3. The van der Waals surface area contributed by atoms with Crippen molar-refractivity contribution in [3.05, 3.63) is 0 Å². The lowest BCUT2D eigenvalue weighted by Gasteiger charge is -2.07. The van der Waals surface area contributed by atoms with Crippen LogP contribution in [-0.2, 0) is 23.8 Å². The van der Waals surface area contributed by atoms with E-state index in [0.29, 0.717) is 19.8 Å². The zero-order chi connectivity index (χ0) is 14.3. The second-order valence-corrected chi connectivity index (χ2v) is 4.14. The summed E-state index contributed by atoms with van der Waals surface area (Å²) in [5, 5.41) is 2.44. The summed E-state index contributed by atoms with van der Waals surface area (Å²) in [5.41, 5.74) is 0. The maximum atomic E-state index is 11.2. The number of carbonyl (C=O) groups excluding carboxylic acids is 2. The average Bonchev–Trinajstić information content (AvgIpc) is 2.40. The zero-order valence-corrected chi connectivity index (χ0v) is 12.2. The fraction of sp³-hybridized carbons (Fsp3) is 0.833. The Kier molecular flexibility index (Phi) is 13.1. The van der Waals surface area contributed by atoms with Gasteiger partial charge in [0.2, 0.25) is 5.91 Å². The summed E-state index contributed by atoms with van der Waals surface area (Å²) < 4.78 is 14.9. The predicted molar refractivity (Wildman–Crippen MR) is 74.1 cm³/mol. The number of thiol groups is 1. The number of nitrogens with one attached hydrogen (secondary N) is 1. The van der Waals surface area contributed by atoms with Crippen molar-refractivity contribution >= 4 is 24.5 Å². The van der Waals surface area contributed by atoms with Gasteiger partial charge < -0.3 is 19.5 Å². The standard InChI is InChI=1S/C12H23NO5S/c1-2-16-7-5-11(14)13-9-12(15)18-10-17-6-3-4-8-19/h19H,2-10H2,1H3,(H,13,14). The smallest absolute Gasteiger partial charge is 0.327 e. The maximum Gasteiger partial charge on any atom is 0.327 e. The molecule has 0 bridgehead atoms. The van der Waals surface area contributed by atoms with Gasteiger partial charge in [0.1, 0.15) is 6.54 Å². The number of carbonyl (C=O) groups is 2. The van der Waals surface area contributed by atoms with Crippen molar-refractivity contribution in [1.82, 2.24) is 5.32 Å². The highest BCUT2D eigenvalue weighted by molar-refractivity contribution is 7.80. The Labute approximate surface area is 119 Å². The van der Waals surface area contributed by atoms with Crippen molar-refractivity contribution in [2.24, 2.45) is 0 Å². The van der Waals surface area contributed by atoms with Gasteiger partial charge in [-0.1, -0.05) is 0 Å². The van der Waals surface area contributed by atoms with Crippen LogP contribution in [0.15, 0.2) is 0 Å². The summed E-state index contributed by atoms with van der Waals surface area (Å²) in [7, 11) is 0. The summed E-state index contributed by atoms with van der Waals surface area (Å²) in [4.78, 5) is 22.4. The molecule has 0 fully saturated rings. The molecule has 1 amide bonds. The Morgan fingerprint density at radius 1 is 1.16 bits per heavy atom. The molecule has 0 aliphatic heterocycles. The molecular formula is C12H23NO5S. The zero-order valence-electron chi connectivity index (χ0n) is 11.4. The molecule has 0 radical (unpaired) electrons. The molecule has 0 atom stereocenters. The molecule has 6 nitrogen and oxygen atoms in total. The Hall–Kier alpha value is -0.790. The highest BCUT2D eigenvalue weighted by Gasteiger charge is 2.06. The van der Waals surface area contributed by atoms with Crippen molar-refractivity contribution in [1.29, 1.82) is 0 Å². The van der Waals surface area contributed by atoms with E-state index in [9.17, 15) is 9.59 Å². The predicted octanol–water partition coefficient (Wildman–Crippen LogP) is 0.756. The third-order valence-electron chi connectivity index (χ3n) is 2.11. The first-order chi connectivity index (χ1) is 9.20. The summed E-state index contributed by atoms with van der Waals surface area (Å²) in [6.45, 7) is 3.08. The molecule has 7 heteroatoms. The van der Waals surface area contributed by atoms with Crippen molar-refractivity contribution in [2.45, 2.75) is 26.2 Å². The van der Waals surface area contributed by atoms with Crippen LogP contribution in [0.2, 0.25) is 0 Å². The van der Waals surface area contributed by atoms with E-state index >= 15 is 0 Å². The molecule has 0 aromatic carbocycles. The third-order valence-corrected chi connectivity index (χ3v) is 2.42. The van der Waals surface area contributed by atoms with Crippen molar-refractivity contribution in [3.63, 3.8) is 0 Å². The quantitative estimate of drug-likeness (QED) is 0.240. The number of unbranched alkanes of at least 4 members (excludes halogenated alkanes) is 1. The number of rotatable bonds is 12. The van der Waals surface area contributed by atoms with Gasteiger partial charge in [-0.15, -0.1) is 0 Å². The minimum atomic E-state index is -0.515. The van der Waals surface area contributed by atoms with Gasteiger partial charge in [0.15, 0.2) is 6.79 Å². The molecule has 0 aliphatic carbocycles. The van der Waals surface area contributed by atoms with Gasteiger partial charge >= 0.3 is 5.97 Å². The van der Waals surface area contributed by atoms with Gasteiger partial charge in [0.25, 0.3) is 0 Å². The fourth-order valence-electron chi connectivity index (χ4n) is 1.10. The normalized spacial score (nSPS) is 10.2. The summed E-state index contributed by atoms with van der Waals surface area (Å²) in [6, 6.07) is 0. The van der Waals surface area contributed by atoms with E-state index in [1.165, 1.54) is 0 Å². The van der Waals surface area contributed by atoms with Gasteiger partial charge in [0, 0.05) is 13.0 Å². The van der Waals surface area contributed by atoms with E-state index in [1.807, 2.05) is 6.92 Å². The molecular weight excluding hydrogens is 270 g/mol. The second-order valence-electron chi connectivity index (χ2n) is 3.70. The molecule has 19 heavy (non-hydrogen) atoms. The molecule has 0 heterocycles. The second kappa shape index (κ2) is 13.6. The van der Waals surface area contributed by atoms with Gasteiger partial charge in [-0.3, -0.25) is 9.59 Å². The topological polar surface area (TPSA) is 73.9 Å². The Morgan fingerprint density at radius 2 is 1.95 bits per heavy atom. The minimum Gasteiger partial charge on any atom is -0.437 e. The van der Waals surface area contributed by atoms with E-state index in [1.54, 1.807) is 0 Å². The summed E-state index contributed by atoms with van der Waals surface area (Å²) in [5.74, 6) is 0.0655. The number of amides is 1. The van der Waals surface area contributed by atoms with E-state index in [-0.39, 0.29) is 25.7 Å². The maximum absolute atomic E-state index is 11.2. The van der Waals surface area contributed by atoms with Crippen LogP contribution in [0, 0.1) is 0 Å². The van der Waals surface area contributed by atoms with E-state index in [4.69, 9.17) is 14.2 Å². The van der Waals surface area contributed by atoms with Gasteiger partial charge in [0.05, 0.1) is 13.2 Å². The van der Waals surface area contributed by atoms with Crippen LogP contribution in [0.25, 0.3) is 0 Å². The third kappa shape index (κ3) is 13.4. The van der Waals surface area contributed by atoms with Crippen LogP contribution in [0.5, 0.6) is 0 Å². The van der Waals surface area contributed by atoms with Gasteiger partial charge in [-0.2, -0.15) is 12.6 Å². The largest absolute Gasteiger partial charge is 0.437 e. The van der Waals surface area contributed by atoms with E-state index in [2.05, 4.69) is 17.9 Å². The first kappa shape index (κ1) is 18.2. The lowest BCUT2D eigenvalue weighted by Crippen LogP contribution is -2.31. The average molecular weight is 293 g/mol. The first-order valence-electron chi connectivity index (χ1n) is 6.39. The highest BCUT2D eigenvalue weighted by Crippen LogP contribution is 1.92. The molecule has 0 saturated carbocycles. The molecule has 0 spiro atoms. The molecule has 0 unspecified atom stereocenters. The molecule has 0 aliphatic rings. The summed E-state index contributed by atoms with van der Waals surface area (Å²) in [6.07, 6.45) is 2.09. The monoisotopic (exact) mass is 293 g/mol. The van der Waals surface area contributed by atoms with Crippen molar-refractivity contribution < 1.29 is 23.8 Å². The Morgan fingerprint density at radius 3 is 2.63 bits per heavy atom. The molecule has 112 valence electrons. The summed E-state index contributed by atoms with van der Waals surface area (Å²) >= 11 is 4.07. The van der Waals surface area contributed by atoms with Gasteiger partial charge in [-0.05, 0) is 25.5 Å². The van der Waals surface area contributed by atoms with Crippen molar-refractivity contribution in [3.8, 4) is 0 Å². The van der Waals surface area contributed by atoms with Crippen LogP contribution in [0.1, 0.15) is 26.2 Å². The molecule has 0 rings (SSSR count). The molecule has 0 aromatic heterocycles. The number of hydrogen-bond donors (Lipinski definition) is 2. The van der Waals surface area contributed by atoms with Crippen molar-refractivity contribution in [2.75, 3.05) is 38.9 Å². The van der Waals surface area contributed by atoms with Crippen LogP contribution in [0.4, 0.5) is 0 Å². The Bertz CT molecular complexity index is 250. The SMILES string of the molecule is CCOCCC(=O)NCC(=O)OCOCCCCS. The van der Waals surface area contributed by atoms with Crippen LogP contribution in [-0.4, -0.2) is 50.8 Å². The fourth-order valence-corrected chi connectivity index (χ4v) is 1.33. The van der Waals surface area contributed by atoms with Crippen LogP contribution >= 0.6 is 12.6 Å². The van der Waals surface area contributed by atoms with E-state index in [0.717, 1.165) is 18.6 Å². The molecule has 0 saturated heterocycles. The molecule has 1 N–H and O–H groups in total. The number of hydrogen-bond acceptors (Lipinski definition) is 6. The molecule has 0 aromatic rings. The minimum absolute atomic E-state index is 0.0831. The van der Waals surface area contributed by atoms with Crippen LogP contribution < -0.4 is 5.32 Å². The highest BCUT2D eigenvalue weighted by atomic mass is 32.1. The Balaban J connectivity index is 3.36. The lowest BCUT2D eigenvalue weighted by atomic mass is 10.4. The number of esters is 1. The van der Waals surface area contributed by atoms with Crippen LogP contribution in [0.3, 0.4) is 0 Å².